The van der Waals surface area contributed by atoms with Crippen LogP contribution in [0.3, 0.4) is 0 Å². The first-order chi connectivity index (χ1) is 10.4. The molecule has 0 bridgehead atoms. The van der Waals surface area contributed by atoms with Gasteiger partial charge in [-0.15, -0.1) is 11.3 Å². The molecule has 1 saturated heterocycles. The Kier molecular flexibility index (Phi) is 5.86. The monoisotopic (exact) mass is 343 g/mol. The number of nitrogens with one attached hydrogen (secondary N) is 1. The van der Waals surface area contributed by atoms with Crippen LogP contribution in [-0.4, -0.2) is 58.4 Å². The minimum Gasteiger partial charge on any atom is -0.360 e. The second-order valence-electron chi connectivity index (χ2n) is 6.32. The summed E-state index contributed by atoms with van der Waals surface area (Å²) in [5, 5.41) is 6.22. The number of nitrogens with zero attached hydrogens (tertiary/aromatic N) is 2. The molecule has 2 amide bonds. The van der Waals surface area contributed by atoms with Gasteiger partial charge in [-0.2, -0.15) is 0 Å². The van der Waals surface area contributed by atoms with Crippen LogP contribution >= 0.6 is 11.3 Å². The maximum atomic E-state index is 12.1. The highest BCUT2D eigenvalue weighted by molar-refractivity contribution is 7.86. The fourth-order valence-corrected chi connectivity index (χ4v) is 3.93. The minimum atomic E-state index is -0.925. The summed E-state index contributed by atoms with van der Waals surface area (Å²) in [4.78, 5) is 16.3. The second kappa shape index (κ2) is 7.46. The number of hydrogen-bond acceptors (Lipinski definition) is 4. The lowest BCUT2D eigenvalue weighted by molar-refractivity contribution is 0.195. The number of urea groups is 1. The average molecular weight is 344 g/mol. The Morgan fingerprint density at radius 2 is 2.00 bits per heavy atom. The molecule has 0 saturated carbocycles. The number of anilines is 1. The molecule has 22 heavy (non-hydrogen) atoms. The molecular formula is C15H25N3O2S2. The Hall–Kier alpha value is -1.08. The van der Waals surface area contributed by atoms with Gasteiger partial charge in [0.15, 0.2) is 0 Å². The Balaban J connectivity index is 1.70. The van der Waals surface area contributed by atoms with E-state index in [0.717, 1.165) is 26.2 Å². The van der Waals surface area contributed by atoms with Gasteiger partial charge in [0.05, 0.1) is 5.00 Å². The molecular weight excluding hydrogens is 318 g/mol. The normalized spacial score (nSPS) is 17.4. The van der Waals surface area contributed by atoms with Gasteiger partial charge >= 0.3 is 6.03 Å². The highest BCUT2D eigenvalue weighted by Gasteiger charge is 2.22. The Labute approximate surface area is 139 Å². The quantitative estimate of drug-likeness (QED) is 0.911. The van der Waals surface area contributed by atoms with Crippen molar-refractivity contribution in [2.24, 2.45) is 0 Å². The van der Waals surface area contributed by atoms with Crippen molar-refractivity contribution in [2.75, 3.05) is 43.4 Å². The lowest BCUT2D eigenvalue weighted by Gasteiger charge is -2.35. The van der Waals surface area contributed by atoms with Crippen LogP contribution in [0, 0.1) is 0 Å². The fourth-order valence-electron chi connectivity index (χ4n) is 2.25. The number of hydrogen-bond donors (Lipinski definition) is 1. The highest BCUT2D eigenvalue weighted by Crippen LogP contribution is 2.22. The van der Waals surface area contributed by atoms with E-state index in [9.17, 15) is 9.00 Å². The molecule has 0 radical (unpaired) electrons. The molecule has 2 heterocycles. The third-order valence-electron chi connectivity index (χ3n) is 3.63. The molecule has 2 rings (SSSR count). The van der Waals surface area contributed by atoms with Gasteiger partial charge in [-0.3, -0.25) is 4.21 Å². The Morgan fingerprint density at radius 1 is 1.32 bits per heavy atom. The van der Waals surface area contributed by atoms with Crippen molar-refractivity contribution in [3.05, 3.63) is 17.5 Å². The lowest BCUT2D eigenvalue weighted by Crippen LogP contribution is -2.52. The number of carbonyl (C=O) groups excluding carboxylic acids is 1. The van der Waals surface area contributed by atoms with Crippen LogP contribution in [0.5, 0.6) is 0 Å². The van der Waals surface area contributed by atoms with Crippen molar-refractivity contribution in [3.63, 3.8) is 0 Å². The van der Waals surface area contributed by atoms with E-state index in [-0.39, 0.29) is 10.8 Å². The SMILES string of the molecule is CC(C)(C)[S@@](=O)CCNC(=O)N1CCN(c2cccs2)CC1. The summed E-state index contributed by atoms with van der Waals surface area (Å²) in [6, 6.07) is 4.12. The van der Waals surface area contributed by atoms with Gasteiger partial charge in [0.2, 0.25) is 0 Å². The van der Waals surface area contributed by atoms with Crippen LogP contribution in [0.15, 0.2) is 17.5 Å². The summed E-state index contributed by atoms with van der Waals surface area (Å²) in [5.74, 6) is 0.504. The van der Waals surface area contributed by atoms with E-state index in [2.05, 4.69) is 27.7 Å². The molecule has 0 spiro atoms. The second-order valence-corrected chi connectivity index (χ2v) is 9.57. The fraction of sp³-hybridized carbons (Fsp3) is 0.667. The molecule has 1 aliphatic rings. The van der Waals surface area contributed by atoms with Gasteiger partial charge in [-0.1, -0.05) is 0 Å². The molecule has 1 aromatic rings. The largest absolute Gasteiger partial charge is 0.360 e. The van der Waals surface area contributed by atoms with Crippen molar-refractivity contribution in [1.29, 1.82) is 0 Å². The molecule has 1 atom stereocenters. The van der Waals surface area contributed by atoms with Crippen molar-refractivity contribution >= 4 is 33.2 Å². The molecule has 1 aliphatic heterocycles. The molecule has 1 fully saturated rings. The van der Waals surface area contributed by atoms with Gasteiger partial charge in [0.1, 0.15) is 0 Å². The van der Waals surface area contributed by atoms with E-state index in [1.165, 1.54) is 5.00 Å². The topological polar surface area (TPSA) is 52.7 Å². The summed E-state index contributed by atoms with van der Waals surface area (Å²) in [6.45, 7) is 9.51. The third-order valence-corrected chi connectivity index (χ3v) is 6.50. The number of amides is 2. The molecule has 124 valence electrons. The van der Waals surface area contributed by atoms with Crippen molar-refractivity contribution in [1.82, 2.24) is 10.2 Å². The van der Waals surface area contributed by atoms with Crippen molar-refractivity contribution in [2.45, 2.75) is 25.5 Å². The standard InChI is InChI=1S/C15H25N3O2S2/c1-15(2,3)22(20)12-6-16-14(19)18-9-7-17(8-10-18)13-5-4-11-21-13/h4-5,11H,6-10,12H2,1-3H3,(H,16,19)/t22-/m0/s1. The number of carbonyl (C=O) groups is 1. The maximum Gasteiger partial charge on any atom is 0.317 e. The Morgan fingerprint density at radius 3 is 2.55 bits per heavy atom. The first-order valence-electron chi connectivity index (χ1n) is 7.57. The summed E-state index contributed by atoms with van der Waals surface area (Å²) < 4.78 is 11.7. The summed E-state index contributed by atoms with van der Waals surface area (Å²) >= 11 is 1.73. The van der Waals surface area contributed by atoms with Gasteiger partial charge < -0.3 is 15.1 Å². The first-order valence-corrected chi connectivity index (χ1v) is 9.77. The van der Waals surface area contributed by atoms with Crippen LogP contribution in [0.4, 0.5) is 9.80 Å². The number of piperazine rings is 1. The van der Waals surface area contributed by atoms with Crippen LogP contribution in [0.1, 0.15) is 20.8 Å². The molecule has 0 aromatic carbocycles. The molecule has 1 N–H and O–H groups in total. The summed E-state index contributed by atoms with van der Waals surface area (Å²) in [5.41, 5.74) is 0. The zero-order chi connectivity index (χ0) is 16.2. The lowest BCUT2D eigenvalue weighted by atomic mass is 10.3. The summed E-state index contributed by atoms with van der Waals surface area (Å²) in [7, 11) is -0.925. The molecule has 0 aliphatic carbocycles. The van der Waals surface area contributed by atoms with Crippen molar-refractivity contribution < 1.29 is 9.00 Å². The van der Waals surface area contributed by atoms with E-state index in [4.69, 9.17) is 0 Å². The third kappa shape index (κ3) is 4.71. The molecule has 7 heteroatoms. The van der Waals surface area contributed by atoms with E-state index in [1.807, 2.05) is 25.7 Å². The van der Waals surface area contributed by atoms with Crippen LogP contribution in [-0.2, 0) is 10.8 Å². The van der Waals surface area contributed by atoms with Crippen LogP contribution in [0.25, 0.3) is 0 Å². The zero-order valence-corrected chi connectivity index (χ0v) is 15.1. The molecule has 1 aromatic heterocycles. The van der Waals surface area contributed by atoms with E-state index in [1.54, 1.807) is 11.3 Å². The number of thiophene rings is 1. The molecule has 5 nitrogen and oxygen atoms in total. The predicted molar refractivity (Wildman–Crippen MR) is 94.3 cm³/mol. The first kappa shape index (κ1) is 17.3. The van der Waals surface area contributed by atoms with Gasteiger partial charge in [-0.25, -0.2) is 4.79 Å². The highest BCUT2D eigenvalue weighted by atomic mass is 32.2. The Bertz CT molecular complexity index is 503. The van der Waals surface area contributed by atoms with Gasteiger partial charge in [0.25, 0.3) is 0 Å². The maximum absolute atomic E-state index is 12.1. The minimum absolute atomic E-state index is 0.0447. The van der Waals surface area contributed by atoms with Gasteiger partial charge in [0, 0.05) is 54.0 Å². The van der Waals surface area contributed by atoms with Crippen molar-refractivity contribution in [3.8, 4) is 0 Å². The van der Waals surface area contributed by atoms with Gasteiger partial charge in [-0.05, 0) is 38.3 Å². The van der Waals surface area contributed by atoms with Crippen LogP contribution in [0.2, 0.25) is 0 Å². The average Bonchev–Trinajstić information content (AvgIpc) is 3.00. The predicted octanol–water partition coefficient (Wildman–Crippen LogP) is 2.13. The van der Waals surface area contributed by atoms with E-state index < -0.39 is 10.8 Å². The molecule has 0 unspecified atom stereocenters. The van der Waals surface area contributed by atoms with E-state index in [0.29, 0.717) is 12.3 Å². The smallest absolute Gasteiger partial charge is 0.317 e. The zero-order valence-electron chi connectivity index (χ0n) is 13.5. The number of rotatable bonds is 4. The van der Waals surface area contributed by atoms with E-state index >= 15 is 0 Å². The van der Waals surface area contributed by atoms with Crippen LogP contribution < -0.4 is 10.2 Å². The summed E-state index contributed by atoms with van der Waals surface area (Å²) in [6.07, 6.45) is 0.